The topological polar surface area (TPSA) is 59.6 Å². The maximum atomic E-state index is 11.3. The predicted molar refractivity (Wildman–Crippen MR) is 79.1 cm³/mol. The van der Waals surface area contributed by atoms with Crippen LogP contribution in [0, 0.1) is 0 Å². The van der Waals surface area contributed by atoms with Crippen molar-refractivity contribution >= 4 is 5.91 Å². The van der Waals surface area contributed by atoms with E-state index in [9.17, 15) is 4.79 Å². The van der Waals surface area contributed by atoms with Crippen molar-refractivity contribution in [2.45, 2.75) is 32.9 Å². The summed E-state index contributed by atoms with van der Waals surface area (Å²) in [7, 11) is 3.17. The number of benzene rings is 1. The van der Waals surface area contributed by atoms with Crippen LogP contribution in [0.1, 0.15) is 26.3 Å². The van der Waals surface area contributed by atoms with Crippen molar-refractivity contribution in [1.82, 2.24) is 10.6 Å². The van der Waals surface area contributed by atoms with E-state index in [1.807, 2.05) is 18.2 Å². The Hall–Kier alpha value is -1.75. The van der Waals surface area contributed by atoms with Crippen LogP contribution in [0.2, 0.25) is 0 Å². The molecule has 0 spiro atoms. The normalized spacial score (nSPS) is 11.1. The van der Waals surface area contributed by atoms with Gasteiger partial charge in [-0.15, -0.1) is 0 Å². The van der Waals surface area contributed by atoms with Crippen LogP contribution in [0.5, 0.6) is 11.5 Å². The van der Waals surface area contributed by atoms with E-state index >= 15 is 0 Å². The third kappa shape index (κ3) is 5.09. The Labute approximate surface area is 120 Å². The molecule has 0 unspecified atom stereocenters. The Balaban J connectivity index is 2.89. The van der Waals surface area contributed by atoms with Crippen LogP contribution >= 0.6 is 0 Å². The fourth-order valence-corrected chi connectivity index (χ4v) is 1.60. The van der Waals surface area contributed by atoms with Gasteiger partial charge in [0.05, 0.1) is 7.11 Å². The summed E-state index contributed by atoms with van der Waals surface area (Å²) in [6.07, 6.45) is 0. The zero-order valence-electron chi connectivity index (χ0n) is 12.9. The first-order valence-electron chi connectivity index (χ1n) is 6.61. The van der Waals surface area contributed by atoms with Crippen molar-refractivity contribution in [1.29, 1.82) is 0 Å². The molecule has 0 saturated heterocycles. The monoisotopic (exact) mass is 280 g/mol. The van der Waals surface area contributed by atoms with Crippen molar-refractivity contribution in [2.24, 2.45) is 0 Å². The summed E-state index contributed by atoms with van der Waals surface area (Å²) in [6, 6.07) is 5.69. The highest BCUT2D eigenvalue weighted by molar-refractivity contribution is 5.77. The van der Waals surface area contributed by atoms with E-state index in [0.717, 1.165) is 5.56 Å². The zero-order valence-corrected chi connectivity index (χ0v) is 12.9. The van der Waals surface area contributed by atoms with Gasteiger partial charge in [0.1, 0.15) is 0 Å². The summed E-state index contributed by atoms with van der Waals surface area (Å²) in [5, 5.41) is 5.92. The lowest BCUT2D eigenvalue weighted by Gasteiger charge is -2.22. The molecular formula is C15H24N2O3. The molecule has 1 amide bonds. The smallest absolute Gasteiger partial charge is 0.257 e. The van der Waals surface area contributed by atoms with Gasteiger partial charge >= 0.3 is 0 Å². The van der Waals surface area contributed by atoms with E-state index in [1.165, 1.54) is 0 Å². The lowest BCUT2D eigenvalue weighted by Crippen LogP contribution is -2.35. The molecule has 112 valence electrons. The van der Waals surface area contributed by atoms with Gasteiger partial charge in [-0.3, -0.25) is 4.79 Å². The molecular weight excluding hydrogens is 256 g/mol. The van der Waals surface area contributed by atoms with Crippen LogP contribution in [0.15, 0.2) is 18.2 Å². The quantitative estimate of drug-likeness (QED) is 0.833. The second kappa shape index (κ2) is 7.14. The van der Waals surface area contributed by atoms with E-state index < -0.39 is 0 Å². The summed E-state index contributed by atoms with van der Waals surface area (Å²) in [4.78, 5) is 11.3. The van der Waals surface area contributed by atoms with Gasteiger partial charge in [-0.2, -0.15) is 0 Å². The van der Waals surface area contributed by atoms with Crippen LogP contribution in [0.4, 0.5) is 0 Å². The first-order valence-corrected chi connectivity index (χ1v) is 6.61. The van der Waals surface area contributed by atoms with Crippen molar-refractivity contribution in [3.05, 3.63) is 23.8 Å². The summed E-state index contributed by atoms with van der Waals surface area (Å²) < 4.78 is 10.9. The molecule has 0 radical (unpaired) electrons. The van der Waals surface area contributed by atoms with Crippen LogP contribution in [0.3, 0.4) is 0 Å². The highest BCUT2D eigenvalue weighted by Gasteiger charge is 2.15. The molecule has 0 bridgehead atoms. The molecule has 0 heterocycles. The third-order valence-electron chi connectivity index (χ3n) is 2.72. The van der Waals surface area contributed by atoms with Gasteiger partial charge < -0.3 is 20.1 Å². The summed E-state index contributed by atoms with van der Waals surface area (Å²) >= 11 is 0. The molecule has 0 aliphatic rings. The Morgan fingerprint density at radius 1 is 1.30 bits per heavy atom. The average molecular weight is 280 g/mol. The molecule has 5 heteroatoms. The van der Waals surface area contributed by atoms with Gasteiger partial charge in [0.25, 0.3) is 5.91 Å². The van der Waals surface area contributed by atoms with Gasteiger partial charge in [0.2, 0.25) is 0 Å². The van der Waals surface area contributed by atoms with Crippen LogP contribution < -0.4 is 20.1 Å². The number of carbonyl (C=O) groups is 1. The molecule has 2 N–H and O–H groups in total. The summed E-state index contributed by atoms with van der Waals surface area (Å²) in [5.41, 5.74) is 0.962. The molecule has 1 rings (SSSR count). The highest BCUT2D eigenvalue weighted by atomic mass is 16.5. The third-order valence-corrected chi connectivity index (χ3v) is 2.72. The summed E-state index contributed by atoms with van der Waals surface area (Å²) in [5.74, 6) is 1.06. The number of rotatable bonds is 6. The van der Waals surface area contributed by atoms with Gasteiger partial charge in [-0.25, -0.2) is 0 Å². The zero-order chi connectivity index (χ0) is 15.2. The van der Waals surface area contributed by atoms with E-state index in [-0.39, 0.29) is 18.1 Å². The number of ether oxygens (including phenoxy) is 2. The molecule has 20 heavy (non-hydrogen) atoms. The Bertz CT molecular complexity index is 453. The molecule has 0 aliphatic heterocycles. The lowest BCUT2D eigenvalue weighted by atomic mass is 10.1. The van der Waals surface area contributed by atoms with Crippen molar-refractivity contribution in [3.63, 3.8) is 0 Å². The average Bonchev–Trinajstić information content (AvgIpc) is 2.41. The minimum atomic E-state index is -0.175. The van der Waals surface area contributed by atoms with Crippen molar-refractivity contribution in [3.8, 4) is 11.5 Å². The number of nitrogens with one attached hydrogen (secondary N) is 2. The van der Waals surface area contributed by atoms with Crippen LogP contribution in [0.25, 0.3) is 0 Å². The molecule has 0 fully saturated rings. The molecule has 0 saturated carbocycles. The Morgan fingerprint density at radius 2 is 2.00 bits per heavy atom. The van der Waals surface area contributed by atoms with Gasteiger partial charge in [-0.05, 0) is 26.8 Å². The van der Waals surface area contributed by atoms with Crippen LogP contribution in [-0.4, -0.2) is 32.2 Å². The number of hydrogen-bond acceptors (Lipinski definition) is 4. The van der Waals surface area contributed by atoms with E-state index in [0.29, 0.717) is 18.0 Å². The highest BCUT2D eigenvalue weighted by Crippen LogP contribution is 2.31. The summed E-state index contributed by atoms with van der Waals surface area (Å²) in [6.45, 7) is 6.90. The number of likely N-dealkylation sites (N-methyl/N-ethyl adjacent to an activating group) is 1. The Morgan fingerprint density at radius 3 is 2.55 bits per heavy atom. The van der Waals surface area contributed by atoms with Crippen molar-refractivity contribution < 1.29 is 14.3 Å². The fourth-order valence-electron chi connectivity index (χ4n) is 1.60. The molecule has 0 atom stereocenters. The molecule has 0 aromatic heterocycles. The van der Waals surface area contributed by atoms with E-state index in [4.69, 9.17) is 9.47 Å². The number of hydrogen-bond donors (Lipinski definition) is 2. The maximum absolute atomic E-state index is 11.3. The molecule has 1 aromatic rings. The minimum Gasteiger partial charge on any atom is -0.493 e. The predicted octanol–water partition coefficient (Wildman–Crippen LogP) is 1.71. The molecule has 1 aromatic carbocycles. The first-order chi connectivity index (χ1) is 9.37. The SMILES string of the molecule is CNC(=O)COc1c(CNC(C)(C)C)cccc1OC. The number of methoxy groups -OCH3 is 1. The van der Waals surface area contributed by atoms with Gasteiger partial charge in [0.15, 0.2) is 18.1 Å². The number of para-hydroxylation sites is 1. The largest absolute Gasteiger partial charge is 0.493 e. The number of amides is 1. The second-order valence-electron chi connectivity index (χ2n) is 5.51. The second-order valence-corrected chi connectivity index (χ2v) is 5.51. The molecule has 5 nitrogen and oxygen atoms in total. The first kappa shape index (κ1) is 16.3. The van der Waals surface area contributed by atoms with Gasteiger partial charge in [0, 0.05) is 24.7 Å². The Kier molecular flexibility index (Phi) is 5.82. The standard InChI is InChI=1S/C15H24N2O3/c1-15(2,3)17-9-11-7-6-8-12(19-5)14(11)20-10-13(18)16-4/h6-8,17H,9-10H2,1-5H3,(H,16,18). The van der Waals surface area contributed by atoms with E-state index in [1.54, 1.807) is 14.2 Å². The fraction of sp³-hybridized carbons (Fsp3) is 0.533. The van der Waals surface area contributed by atoms with Crippen molar-refractivity contribution in [2.75, 3.05) is 20.8 Å². The minimum absolute atomic E-state index is 0.00113. The van der Waals surface area contributed by atoms with Crippen LogP contribution in [-0.2, 0) is 11.3 Å². The van der Waals surface area contributed by atoms with Gasteiger partial charge in [-0.1, -0.05) is 12.1 Å². The lowest BCUT2D eigenvalue weighted by molar-refractivity contribution is -0.122. The van der Waals surface area contributed by atoms with E-state index in [2.05, 4.69) is 31.4 Å². The molecule has 0 aliphatic carbocycles. The maximum Gasteiger partial charge on any atom is 0.257 e. The number of carbonyl (C=O) groups excluding carboxylic acids is 1.